The number of benzene rings is 1. The minimum Gasteiger partial charge on any atom is -0.480 e. The molecule has 5 heteroatoms. The van der Waals surface area contributed by atoms with Crippen LogP contribution in [0.1, 0.15) is 15.9 Å². The predicted molar refractivity (Wildman–Crippen MR) is 62.3 cm³/mol. The normalized spacial score (nSPS) is 11.3. The van der Waals surface area contributed by atoms with Gasteiger partial charge in [-0.2, -0.15) is 0 Å². The molecule has 0 aliphatic carbocycles. The van der Waals surface area contributed by atoms with Crippen LogP contribution in [-0.4, -0.2) is 29.6 Å². The highest BCUT2D eigenvalue weighted by Gasteiger charge is 2.18. The van der Waals surface area contributed by atoms with Crippen LogP contribution in [0.5, 0.6) is 0 Å². The van der Waals surface area contributed by atoms with Gasteiger partial charge in [0.05, 0.1) is 0 Å². The minimum absolute atomic E-state index is 0.163. The van der Waals surface area contributed by atoms with Gasteiger partial charge in [-0.25, -0.2) is 4.79 Å². The Hall–Kier alpha value is -2.32. The molecule has 1 amide bonds. The van der Waals surface area contributed by atoms with Crippen LogP contribution in [0.2, 0.25) is 0 Å². The van der Waals surface area contributed by atoms with Crippen LogP contribution in [-0.2, 0) is 4.79 Å². The van der Waals surface area contributed by atoms with Gasteiger partial charge in [-0.05, 0) is 24.3 Å². The van der Waals surface area contributed by atoms with E-state index in [1.807, 2.05) is 0 Å². The summed E-state index contributed by atoms with van der Waals surface area (Å²) in [5.74, 6) is 0.758. The molecule has 0 spiro atoms. The number of rotatable bonds is 4. The van der Waals surface area contributed by atoms with Crippen molar-refractivity contribution in [2.24, 2.45) is 5.73 Å². The molecule has 0 aromatic heterocycles. The van der Waals surface area contributed by atoms with Crippen LogP contribution >= 0.6 is 0 Å². The Morgan fingerprint density at radius 3 is 2.41 bits per heavy atom. The van der Waals surface area contributed by atoms with Crippen LogP contribution < -0.4 is 11.1 Å². The summed E-state index contributed by atoms with van der Waals surface area (Å²) < 4.78 is 0. The van der Waals surface area contributed by atoms with E-state index in [9.17, 15) is 9.59 Å². The van der Waals surface area contributed by atoms with Gasteiger partial charge >= 0.3 is 5.97 Å². The molecule has 0 saturated carbocycles. The van der Waals surface area contributed by atoms with E-state index in [4.69, 9.17) is 17.3 Å². The monoisotopic (exact) mass is 232 g/mol. The highest BCUT2D eigenvalue weighted by molar-refractivity contribution is 5.96. The lowest BCUT2D eigenvalue weighted by molar-refractivity contribution is -0.138. The van der Waals surface area contributed by atoms with Gasteiger partial charge in [-0.3, -0.25) is 4.79 Å². The first-order valence-electron chi connectivity index (χ1n) is 4.89. The second-order valence-corrected chi connectivity index (χ2v) is 3.32. The number of carboxylic acids is 1. The van der Waals surface area contributed by atoms with E-state index >= 15 is 0 Å². The number of amides is 1. The third kappa shape index (κ3) is 3.33. The molecule has 0 radical (unpaired) electrons. The molecule has 88 valence electrons. The van der Waals surface area contributed by atoms with Crippen molar-refractivity contribution in [2.75, 3.05) is 6.54 Å². The van der Waals surface area contributed by atoms with Crippen molar-refractivity contribution in [3.8, 4) is 12.3 Å². The van der Waals surface area contributed by atoms with E-state index in [0.29, 0.717) is 11.1 Å². The molecule has 0 aliphatic rings. The lowest BCUT2D eigenvalue weighted by Crippen LogP contribution is -2.45. The first-order chi connectivity index (χ1) is 8.08. The summed E-state index contributed by atoms with van der Waals surface area (Å²) in [6.07, 6.45) is 5.17. The standard InChI is InChI=1S/C12H12N2O3/c1-2-8-3-5-9(6-4-8)11(15)14-10(7-13)12(16)17/h1,3-6,10H,7,13H2,(H,14,15)(H,16,17). The lowest BCUT2D eigenvalue weighted by atomic mass is 10.1. The SMILES string of the molecule is C#Cc1ccc(C(=O)NC(CN)C(=O)O)cc1. The summed E-state index contributed by atoms with van der Waals surface area (Å²) in [7, 11) is 0. The summed E-state index contributed by atoms with van der Waals surface area (Å²) in [5, 5.41) is 11.0. The molecule has 17 heavy (non-hydrogen) atoms. The van der Waals surface area contributed by atoms with Crippen molar-refractivity contribution in [1.82, 2.24) is 5.32 Å². The van der Waals surface area contributed by atoms with Crippen molar-refractivity contribution in [3.63, 3.8) is 0 Å². The quantitative estimate of drug-likeness (QED) is 0.627. The zero-order valence-corrected chi connectivity index (χ0v) is 9.01. The Kier molecular flexibility index (Phi) is 4.26. The van der Waals surface area contributed by atoms with E-state index in [1.54, 1.807) is 12.1 Å². The predicted octanol–water partition coefficient (Wildman–Crippen LogP) is -0.190. The van der Waals surface area contributed by atoms with E-state index in [1.165, 1.54) is 12.1 Å². The van der Waals surface area contributed by atoms with Crippen molar-refractivity contribution < 1.29 is 14.7 Å². The maximum absolute atomic E-state index is 11.6. The molecule has 1 atom stereocenters. The molecule has 1 aromatic carbocycles. The number of nitrogens with one attached hydrogen (secondary N) is 1. The summed E-state index contributed by atoms with van der Waals surface area (Å²) in [4.78, 5) is 22.3. The van der Waals surface area contributed by atoms with Crippen LogP contribution in [0.3, 0.4) is 0 Å². The topological polar surface area (TPSA) is 92.4 Å². The van der Waals surface area contributed by atoms with E-state index in [-0.39, 0.29) is 6.54 Å². The van der Waals surface area contributed by atoms with E-state index in [2.05, 4.69) is 11.2 Å². The number of carbonyl (C=O) groups is 2. The molecule has 1 rings (SSSR count). The third-order valence-electron chi connectivity index (χ3n) is 2.15. The Morgan fingerprint density at radius 2 is 2.00 bits per heavy atom. The fourth-order valence-corrected chi connectivity index (χ4v) is 1.18. The van der Waals surface area contributed by atoms with Gasteiger partial charge in [0.15, 0.2) is 0 Å². The fraction of sp³-hybridized carbons (Fsp3) is 0.167. The van der Waals surface area contributed by atoms with Crippen LogP contribution in [0.25, 0.3) is 0 Å². The second kappa shape index (κ2) is 5.68. The van der Waals surface area contributed by atoms with Gasteiger partial charge in [0.2, 0.25) is 0 Å². The molecule has 0 saturated heterocycles. The zero-order valence-electron chi connectivity index (χ0n) is 9.01. The number of hydrogen-bond donors (Lipinski definition) is 3. The average molecular weight is 232 g/mol. The van der Waals surface area contributed by atoms with Crippen molar-refractivity contribution >= 4 is 11.9 Å². The fourth-order valence-electron chi connectivity index (χ4n) is 1.18. The van der Waals surface area contributed by atoms with Gasteiger partial charge in [0, 0.05) is 17.7 Å². The minimum atomic E-state index is -1.17. The Balaban J connectivity index is 2.76. The average Bonchev–Trinajstić information content (AvgIpc) is 2.35. The molecule has 1 unspecified atom stereocenters. The molecule has 0 fully saturated rings. The summed E-state index contributed by atoms with van der Waals surface area (Å²) in [5.41, 5.74) is 6.21. The Morgan fingerprint density at radius 1 is 1.41 bits per heavy atom. The largest absolute Gasteiger partial charge is 0.480 e. The molecule has 0 heterocycles. The summed E-state index contributed by atoms with van der Waals surface area (Å²) in [6, 6.07) is 5.18. The first kappa shape index (κ1) is 12.7. The smallest absolute Gasteiger partial charge is 0.327 e. The molecule has 5 nitrogen and oxygen atoms in total. The van der Waals surface area contributed by atoms with Crippen molar-refractivity contribution in [3.05, 3.63) is 35.4 Å². The number of hydrogen-bond acceptors (Lipinski definition) is 3. The highest BCUT2D eigenvalue weighted by Crippen LogP contribution is 2.03. The van der Waals surface area contributed by atoms with Crippen LogP contribution in [0.15, 0.2) is 24.3 Å². The molecule has 4 N–H and O–H groups in total. The molecular formula is C12H12N2O3. The molecule has 1 aromatic rings. The number of nitrogens with two attached hydrogens (primary N) is 1. The van der Waals surface area contributed by atoms with Gasteiger partial charge in [-0.15, -0.1) is 6.42 Å². The summed E-state index contributed by atoms with van der Waals surface area (Å²) in [6.45, 7) is -0.163. The lowest BCUT2D eigenvalue weighted by Gasteiger charge is -2.11. The van der Waals surface area contributed by atoms with Crippen molar-refractivity contribution in [2.45, 2.75) is 6.04 Å². The number of carbonyl (C=O) groups excluding carboxylic acids is 1. The molecule has 0 bridgehead atoms. The first-order valence-corrected chi connectivity index (χ1v) is 4.89. The van der Waals surface area contributed by atoms with Gasteiger partial charge in [-0.1, -0.05) is 5.92 Å². The van der Waals surface area contributed by atoms with E-state index in [0.717, 1.165) is 0 Å². The third-order valence-corrected chi connectivity index (χ3v) is 2.15. The zero-order chi connectivity index (χ0) is 12.8. The second-order valence-electron chi connectivity index (χ2n) is 3.32. The van der Waals surface area contributed by atoms with E-state index < -0.39 is 17.9 Å². The van der Waals surface area contributed by atoms with Crippen LogP contribution in [0.4, 0.5) is 0 Å². The number of terminal acetylenes is 1. The Bertz CT molecular complexity index is 460. The maximum Gasteiger partial charge on any atom is 0.327 e. The van der Waals surface area contributed by atoms with Crippen molar-refractivity contribution in [1.29, 1.82) is 0 Å². The van der Waals surface area contributed by atoms with Crippen LogP contribution in [0, 0.1) is 12.3 Å². The number of aliphatic carboxylic acids is 1. The van der Waals surface area contributed by atoms with Gasteiger partial charge in [0.25, 0.3) is 5.91 Å². The van der Waals surface area contributed by atoms with Gasteiger partial charge in [0.1, 0.15) is 6.04 Å². The summed E-state index contributed by atoms with van der Waals surface area (Å²) >= 11 is 0. The maximum atomic E-state index is 11.6. The Labute approximate surface area is 98.6 Å². The van der Waals surface area contributed by atoms with Gasteiger partial charge < -0.3 is 16.2 Å². The highest BCUT2D eigenvalue weighted by atomic mass is 16.4. The molecular weight excluding hydrogens is 220 g/mol. The molecule has 0 aliphatic heterocycles. The number of carboxylic acid groups (broad SMARTS) is 1.